The Labute approximate surface area is 309 Å². The minimum Gasteiger partial charge on any atom is -0.370 e. The molecule has 7 nitrogen and oxygen atoms in total. The lowest BCUT2D eigenvalue weighted by Gasteiger charge is -2.30. The van der Waals surface area contributed by atoms with E-state index in [2.05, 4.69) is 133 Å². The Balaban J connectivity index is 0.000000913. The zero-order valence-corrected chi connectivity index (χ0v) is 32.6. The van der Waals surface area contributed by atoms with E-state index in [1.54, 1.807) is 13.8 Å². The summed E-state index contributed by atoms with van der Waals surface area (Å²) in [5, 5.41) is 3.08. The number of hydrogen-bond donors (Lipinski definition) is 2. The van der Waals surface area contributed by atoms with Crippen molar-refractivity contribution in [3.63, 3.8) is 0 Å². The lowest BCUT2D eigenvalue weighted by atomic mass is 10.1. The topological polar surface area (TPSA) is 81.9 Å². The molecule has 0 heterocycles. The molecule has 4 aromatic carbocycles. The molecule has 1 unspecified atom stereocenters. The number of aldehydes is 1. The van der Waals surface area contributed by atoms with Gasteiger partial charge < -0.3 is 25.6 Å². The average Bonchev–Trinajstić information content (AvgIpc) is 3.14. The van der Waals surface area contributed by atoms with Gasteiger partial charge in [-0.25, -0.2) is 0 Å². The summed E-state index contributed by atoms with van der Waals surface area (Å²) < 4.78 is 0. The molecule has 4 rings (SSSR count). The molecule has 0 aliphatic carbocycles. The van der Waals surface area contributed by atoms with Gasteiger partial charge in [-0.1, -0.05) is 129 Å². The van der Waals surface area contributed by atoms with Gasteiger partial charge in [-0.2, -0.15) is 0 Å². The highest BCUT2D eigenvalue weighted by Crippen LogP contribution is 2.18. The van der Waals surface area contributed by atoms with Gasteiger partial charge in [-0.15, -0.1) is 12.3 Å². The number of likely N-dealkylation sites (N-methyl/N-ethyl adjacent to an activating group) is 1. The average molecular weight is 694 g/mol. The number of benzene rings is 4. The zero-order chi connectivity index (χ0) is 38.4. The fourth-order valence-electron chi connectivity index (χ4n) is 4.78. The van der Waals surface area contributed by atoms with Gasteiger partial charge in [-0.05, 0) is 63.7 Å². The number of terminal acetylenes is 1. The molecule has 0 spiro atoms. The van der Waals surface area contributed by atoms with Crippen LogP contribution in [-0.4, -0.2) is 62.4 Å². The molecule has 1 amide bonds. The van der Waals surface area contributed by atoms with E-state index >= 15 is 0 Å². The molecule has 1 atom stereocenters. The van der Waals surface area contributed by atoms with Crippen LogP contribution in [0.25, 0.3) is 0 Å². The molecule has 0 aromatic heterocycles. The molecule has 0 bridgehead atoms. The molecule has 0 fully saturated rings. The largest absolute Gasteiger partial charge is 0.370 e. The Bertz CT molecular complexity index is 1470. The number of rotatable bonds is 13. The molecule has 51 heavy (non-hydrogen) atoms. The molecule has 7 heteroatoms. The van der Waals surface area contributed by atoms with Crippen LogP contribution in [0, 0.1) is 26.2 Å². The molecular formula is C44H63N5O2. The summed E-state index contributed by atoms with van der Waals surface area (Å²) in [5.74, 6) is 2.14. The van der Waals surface area contributed by atoms with Crippen molar-refractivity contribution in [1.29, 1.82) is 0 Å². The van der Waals surface area contributed by atoms with Crippen molar-refractivity contribution in [2.24, 2.45) is 5.73 Å². The first-order valence-electron chi connectivity index (χ1n) is 17.7. The van der Waals surface area contributed by atoms with E-state index in [0.29, 0.717) is 19.5 Å². The van der Waals surface area contributed by atoms with Crippen LogP contribution in [0.5, 0.6) is 0 Å². The van der Waals surface area contributed by atoms with Gasteiger partial charge >= 0.3 is 0 Å². The zero-order valence-electron chi connectivity index (χ0n) is 32.6. The third kappa shape index (κ3) is 21.2. The predicted molar refractivity (Wildman–Crippen MR) is 218 cm³/mol. The molecule has 0 aliphatic rings. The van der Waals surface area contributed by atoms with Crippen LogP contribution in [0.1, 0.15) is 61.9 Å². The van der Waals surface area contributed by atoms with Gasteiger partial charge in [0.25, 0.3) is 0 Å². The molecule has 276 valence electrons. The predicted octanol–water partition coefficient (Wildman–Crippen LogP) is 7.85. The van der Waals surface area contributed by atoms with Crippen molar-refractivity contribution in [3.8, 4) is 12.3 Å². The number of amides is 1. The standard InChI is InChI=1S/C23H32N4O2.C8H11N.C8H10.C3H4.C2H6/c1-4-23(29)27(13-14-28)22(24)18-25(2)16-20-11-8-12-21(15-20)26(3)17-19-9-6-5-7-10-19;1-9-7-8-5-3-2-4-6-8;1-7-3-5-8(2)6-4-7;1-3-2;1-2/h5-12,14-15,22H,4,13,16-18,24H2,1-3H3;2-6,9H,7H2,1H3;3-6H,1-2H3;1H,2H3;1-2H3. The van der Waals surface area contributed by atoms with E-state index < -0.39 is 6.17 Å². The van der Waals surface area contributed by atoms with Crippen molar-refractivity contribution < 1.29 is 9.59 Å². The number of nitrogens with two attached hydrogens (primary N) is 1. The van der Waals surface area contributed by atoms with Crippen LogP contribution in [0.4, 0.5) is 5.69 Å². The van der Waals surface area contributed by atoms with Crippen LogP contribution in [0.2, 0.25) is 0 Å². The van der Waals surface area contributed by atoms with Gasteiger partial charge in [0, 0.05) is 45.3 Å². The SMILES string of the molecule is C#CC.CC.CCC(=O)N(CC=O)C(N)CN(C)Cc1cccc(N(C)Cc2ccccc2)c1.CNCc1ccccc1.Cc1ccc(C)cc1. The number of hydrogen-bond acceptors (Lipinski definition) is 6. The van der Waals surface area contributed by atoms with E-state index in [0.717, 1.165) is 25.1 Å². The van der Waals surface area contributed by atoms with Crippen molar-refractivity contribution in [2.75, 3.05) is 39.1 Å². The van der Waals surface area contributed by atoms with Crippen molar-refractivity contribution in [2.45, 2.75) is 73.8 Å². The first-order chi connectivity index (χ1) is 24.6. The van der Waals surface area contributed by atoms with Crippen molar-refractivity contribution >= 4 is 17.9 Å². The van der Waals surface area contributed by atoms with Gasteiger partial charge in [0.05, 0.1) is 12.7 Å². The summed E-state index contributed by atoms with van der Waals surface area (Å²) in [6.45, 7) is 14.6. The van der Waals surface area contributed by atoms with Gasteiger partial charge in [0.2, 0.25) is 5.91 Å². The maximum absolute atomic E-state index is 12.0. The van der Waals surface area contributed by atoms with E-state index in [9.17, 15) is 9.59 Å². The van der Waals surface area contributed by atoms with Gasteiger partial charge in [-0.3, -0.25) is 9.69 Å². The van der Waals surface area contributed by atoms with Crippen LogP contribution < -0.4 is 16.0 Å². The maximum atomic E-state index is 12.0. The second kappa shape index (κ2) is 29.0. The lowest BCUT2D eigenvalue weighted by Crippen LogP contribution is -2.51. The Morgan fingerprint density at radius 3 is 1.78 bits per heavy atom. The molecule has 0 saturated carbocycles. The minimum absolute atomic E-state index is 0.0292. The van der Waals surface area contributed by atoms with E-state index in [-0.39, 0.29) is 12.5 Å². The second-order valence-electron chi connectivity index (χ2n) is 11.8. The molecule has 4 aromatic rings. The Kier molecular flexibility index (Phi) is 26.3. The summed E-state index contributed by atoms with van der Waals surface area (Å²) in [5.41, 5.74) is 13.8. The highest BCUT2D eigenvalue weighted by atomic mass is 16.2. The monoisotopic (exact) mass is 693 g/mol. The first-order valence-corrected chi connectivity index (χ1v) is 17.7. The molecule has 3 N–H and O–H groups in total. The van der Waals surface area contributed by atoms with E-state index in [1.807, 2.05) is 52.2 Å². The molecule has 0 radical (unpaired) electrons. The first kappa shape index (κ1) is 46.3. The highest BCUT2D eigenvalue weighted by Gasteiger charge is 2.20. The molecule has 0 aliphatic heterocycles. The van der Waals surface area contributed by atoms with Crippen molar-refractivity contribution in [3.05, 3.63) is 137 Å². The normalized spacial score (nSPS) is 10.2. The summed E-state index contributed by atoms with van der Waals surface area (Å²) in [7, 11) is 6.00. The summed E-state index contributed by atoms with van der Waals surface area (Å²) in [6.07, 6.45) is 5.14. The lowest BCUT2D eigenvalue weighted by molar-refractivity contribution is -0.135. The smallest absolute Gasteiger partial charge is 0.223 e. The van der Waals surface area contributed by atoms with Crippen molar-refractivity contribution in [1.82, 2.24) is 15.1 Å². The second-order valence-corrected chi connectivity index (χ2v) is 11.8. The maximum Gasteiger partial charge on any atom is 0.223 e. The van der Waals surface area contributed by atoms with Gasteiger partial charge in [0.15, 0.2) is 0 Å². The third-order valence-electron chi connectivity index (χ3n) is 7.30. The molecule has 0 saturated heterocycles. The van der Waals surface area contributed by atoms with Crippen LogP contribution in [-0.2, 0) is 29.2 Å². The number of aryl methyl sites for hydroxylation is 2. The Morgan fingerprint density at radius 2 is 1.31 bits per heavy atom. The summed E-state index contributed by atoms with van der Waals surface area (Å²) in [4.78, 5) is 28.6. The fourth-order valence-corrected chi connectivity index (χ4v) is 4.78. The van der Waals surface area contributed by atoms with Gasteiger partial charge in [0.1, 0.15) is 6.29 Å². The van der Waals surface area contributed by atoms with Crippen LogP contribution in [0.15, 0.2) is 109 Å². The number of carbonyl (C=O) groups is 2. The quantitative estimate of drug-likeness (QED) is 0.0844. The van der Waals surface area contributed by atoms with E-state index in [1.165, 1.54) is 32.7 Å². The van der Waals surface area contributed by atoms with Crippen LogP contribution >= 0.6 is 0 Å². The third-order valence-corrected chi connectivity index (χ3v) is 7.30. The Hall–Kier alpha value is -4.74. The summed E-state index contributed by atoms with van der Waals surface area (Å²) in [6, 6.07) is 37.6. The summed E-state index contributed by atoms with van der Waals surface area (Å²) >= 11 is 0. The number of nitrogens with zero attached hydrogens (tertiary/aromatic N) is 3. The number of carbonyl (C=O) groups excluding carboxylic acids is 2. The molecular weight excluding hydrogens is 631 g/mol. The fraction of sp³-hybridized carbons (Fsp3) is 0.364. The Morgan fingerprint density at radius 1 is 0.824 bits per heavy atom. The highest BCUT2D eigenvalue weighted by molar-refractivity contribution is 5.78. The number of anilines is 1. The number of nitrogens with one attached hydrogen (secondary N) is 1. The van der Waals surface area contributed by atoms with Crippen LogP contribution in [0.3, 0.4) is 0 Å². The van der Waals surface area contributed by atoms with E-state index in [4.69, 9.17) is 5.73 Å². The minimum atomic E-state index is -0.512.